The molecule has 0 radical (unpaired) electrons. The SMILES string of the molecule is Cc1ccc(C(=O)CC2CCCCCN2)o1. The molecule has 3 nitrogen and oxygen atoms in total. The molecule has 0 saturated carbocycles. The fourth-order valence-electron chi connectivity index (χ4n) is 2.18. The third-order valence-corrected chi connectivity index (χ3v) is 3.11. The predicted octanol–water partition coefficient (Wildman–Crippen LogP) is 2.69. The molecule has 3 heteroatoms. The number of carbonyl (C=O) groups is 1. The van der Waals surface area contributed by atoms with Gasteiger partial charge in [-0.3, -0.25) is 4.79 Å². The molecule has 1 atom stereocenters. The Morgan fingerprint density at radius 3 is 3.06 bits per heavy atom. The van der Waals surface area contributed by atoms with Crippen LogP contribution in [0, 0.1) is 6.92 Å². The third-order valence-electron chi connectivity index (χ3n) is 3.11. The van der Waals surface area contributed by atoms with E-state index in [1.807, 2.05) is 13.0 Å². The molecular weight excluding hydrogens is 202 g/mol. The molecule has 16 heavy (non-hydrogen) atoms. The Labute approximate surface area is 96.2 Å². The van der Waals surface area contributed by atoms with Gasteiger partial charge >= 0.3 is 0 Å². The van der Waals surface area contributed by atoms with Gasteiger partial charge in [0.25, 0.3) is 0 Å². The molecule has 0 bridgehead atoms. The predicted molar refractivity (Wildman–Crippen MR) is 62.7 cm³/mol. The first kappa shape index (κ1) is 11.4. The second-order valence-corrected chi connectivity index (χ2v) is 4.54. The molecule has 0 aromatic carbocycles. The zero-order valence-electron chi connectivity index (χ0n) is 9.79. The van der Waals surface area contributed by atoms with Gasteiger partial charge in [-0.15, -0.1) is 0 Å². The molecule has 0 spiro atoms. The highest BCUT2D eigenvalue weighted by molar-refractivity contribution is 5.93. The summed E-state index contributed by atoms with van der Waals surface area (Å²) in [5, 5.41) is 3.43. The molecule has 1 unspecified atom stereocenters. The Morgan fingerprint density at radius 1 is 1.44 bits per heavy atom. The van der Waals surface area contributed by atoms with Crippen molar-refractivity contribution in [2.45, 2.75) is 45.1 Å². The fourth-order valence-corrected chi connectivity index (χ4v) is 2.18. The van der Waals surface area contributed by atoms with Crippen LogP contribution in [0.15, 0.2) is 16.5 Å². The molecule has 1 aliphatic rings. The standard InChI is InChI=1S/C13H19NO2/c1-10-6-7-13(16-10)12(15)9-11-5-3-2-4-8-14-11/h6-7,11,14H,2-5,8-9H2,1H3. The lowest BCUT2D eigenvalue weighted by molar-refractivity contribution is 0.0939. The van der Waals surface area contributed by atoms with Crippen LogP contribution in [0.4, 0.5) is 0 Å². The summed E-state index contributed by atoms with van der Waals surface area (Å²) in [6.07, 6.45) is 5.39. The molecule has 1 aromatic rings. The summed E-state index contributed by atoms with van der Waals surface area (Å²) in [6.45, 7) is 2.90. The molecule has 1 N–H and O–H groups in total. The number of ketones is 1. The summed E-state index contributed by atoms with van der Waals surface area (Å²) < 4.78 is 5.34. The second-order valence-electron chi connectivity index (χ2n) is 4.54. The Morgan fingerprint density at radius 2 is 2.31 bits per heavy atom. The maximum atomic E-state index is 11.9. The zero-order valence-corrected chi connectivity index (χ0v) is 9.79. The second kappa shape index (κ2) is 5.30. The number of hydrogen-bond donors (Lipinski definition) is 1. The van der Waals surface area contributed by atoms with Crippen molar-refractivity contribution in [1.29, 1.82) is 0 Å². The lowest BCUT2D eigenvalue weighted by Gasteiger charge is -2.13. The molecule has 1 aliphatic heterocycles. The molecule has 1 aromatic heterocycles. The highest BCUT2D eigenvalue weighted by atomic mass is 16.3. The van der Waals surface area contributed by atoms with E-state index in [1.54, 1.807) is 6.07 Å². The molecule has 2 heterocycles. The lowest BCUT2D eigenvalue weighted by atomic mass is 10.0. The van der Waals surface area contributed by atoms with Crippen molar-refractivity contribution in [1.82, 2.24) is 5.32 Å². The van der Waals surface area contributed by atoms with Crippen molar-refractivity contribution < 1.29 is 9.21 Å². The topological polar surface area (TPSA) is 42.2 Å². The number of Topliss-reactive ketones (excluding diaryl/α,β-unsaturated/α-hetero) is 1. The summed E-state index contributed by atoms with van der Waals surface area (Å²) in [5.41, 5.74) is 0. The smallest absolute Gasteiger partial charge is 0.199 e. The molecule has 1 fully saturated rings. The Hall–Kier alpha value is -1.09. The van der Waals surface area contributed by atoms with Crippen LogP contribution in [0.2, 0.25) is 0 Å². The van der Waals surface area contributed by atoms with Crippen molar-refractivity contribution in [3.63, 3.8) is 0 Å². The van der Waals surface area contributed by atoms with Crippen LogP contribution < -0.4 is 5.32 Å². The van der Waals surface area contributed by atoms with Crippen LogP contribution in [0.3, 0.4) is 0 Å². The summed E-state index contributed by atoms with van der Waals surface area (Å²) in [6, 6.07) is 3.95. The fraction of sp³-hybridized carbons (Fsp3) is 0.615. The van der Waals surface area contributed by atoms with Crippen molar-refractivity contribution in [3.05, 3.63) is 23.7 Å². The molecule has 0 amide bonds. The highest BCUT2D eigenvalue weighted by Gasteiger charge is 2.18. The van der Waals surface area contributed by atoms with Gasteiger partial charge in [-0.25, -0.2) is 0 Å². The van der Waals surface area contributed by atoms with E-state index in [1.165, 1.54) is 19.3 Å². The van der Waals surface area contributed by atoms with Crippen molar-refractivity contribution in [2.24, 2.45) is 0 Å². The number of furan rings is 1. The average molecular weight is 221 g/mol. The van der Waals surface area contributed by atoms with E-state index in [4.69, 9.17) is 4.42 Å². The maximum Gasteiger partial charge on any atom is 0.199 e. The monoisotopic (exact) mass is 221 g/mol. The minimum atomic E-state index is 0.118. The van der Waals surface area contributed by atoms with Gasteiger partial charge in [-0.1, -0.05) is 12.8 Å². The van der Waals surface area contributed by atoms with Gasteiger partial charge in [0, 0.05) is 12.5 Å². The van der Waals surface area contributed by atoms with Crippen LogP contribution in [0.5, 0.6) is 0 Å². The van der Waals surface area contributed by atoms with Crippen molar-refractivity contribution >= 4 is 5.78 Å². The van der Waals surface area contributed by atoms with E-state index in [2.05, 4.69) is 5.32 Å². The van der Waals surface area contributed by atoms with E-state index in [9.17, 15) is 4.79 Å². The van der Waals surface area contributed by atoms with E-state index < -0.39 is 0 Å². The van der Waals surface area contributed by atoms with Gasteiger partial charge in [-0.05, 0) is 38.4 Å². The van der Waals surface area contributed by atoms with Crippen LogP contribution in [-0.4, -0.2) is 18.4 Å². The van der Waals surface area contributed by atoms with E-state index >= 15 is 0 Å². The van der Waals surface area contributed by atoms with Gasteiger partial charge in [-0.2, -0.15) is 0 Å². The first-order valence-corrected chi connectivity index (χ1v) is 6.09. The third kappa shape index (κ3) is 2.95. The van der Waals surface area contributed by atoms with Crippen LogP contribution in [-0.2, 0) is 0 Å². The van der Waals surface area contributed by atoms with E-state index in [0.717, 1.165) is 18.7 Å². The van der Waals surface area contributed by atoms with Gasteiger partial charge in [0.1, 0.15) is 5.76 Å². The maximum absolute atomic E-state index is 11.9. The number of nitrogens with one attached hydrogen (secondary N) is 1. The lowest BCUT2D eigenvalue weighted by Crippen LogP contribution is -2.30. The van der Waals surface area contributed by atoms with Gasteiger partial charge < -0.3 is 9.73 Å². The summed E-state index contributed by atoms with van der Waals surface area (Å²) in [5.74, 6) is 1.42. The zero-order chi connectivity index (χ0) is 11.4. The van der Waals surface area contributed by atoms with Crippen LogP contribution in [0.1, 0.15) is 48.4 Å². The summed E-state index contributed by atoms with van der Waals surface area (Å²) in [7, 11) is 0. The molecule has 88 valence electrons. The number of rotatable bonds is 3. The largest absolute Gasteiger partial charge is 0.458 e. The van der Waals surface area contributed by atoms with Crippen LogP contribution in [0.25, 0.3) is 0 Å². The number of hydrogen-bond acceptors (Lipinski definition) is 3. The molecule has 1 saturated heterocycles. The van der Waals surface area contributed by atoms with Crippen molar-refractivity contribution in [2.75, 3.05) is 6.54 Å². The van der Waals surface area contributed by atoms with E-state index in [0.29, 0.717) is 18.2 Å². The summed E-state index contributed by atoms with van der Waals surface area (Å²) in [4.78, 5) is 11.9. The van der Waals surface area contributed by atoms with Gasteiger partial charge in [0.05, 0.1) is 0 Å². The normalized spacial score (nSPS) is 21.7. The number of aryl methyl sites for hydroxylation is 1. The molecule has 2 rings (SSSR count). The van der Waals surface area contributed by atoms with Crippen LogP contribution >= 0.6 is 0 Å². The molecular formula is C13H19NO2. The first-order valence-electron chi connectivity index (χ1n) is 6.09. The van der Waals surface area contributed by atoms with Crippen molar-refractivity contribution in [3.8, 4) is 0 Å². The summed E-state index contributed by atoms with van der Waals surface area (Å²) >= 11 is 0. The Kier molecular flexibility index (Phi) is 3.78. The average Bonchev–Trinajstić information content (AvgIpc) is 2.54. The first-order chi connectivity index (χ1) is 7.75. The minimum Gasteiger partial charge on any atom is -0.458 e. The van der Waals surface area contributed by atoms with Gasteiger partial charge in [0.2, 0.25) is 0 Å². The van der Waals surface area contributed by atoms with Gasteiger partial charge in [0.15, 0.2) is 11.5 Å². The minimum absolute atomic E-state index is 0.118. The number of carbonyl (C=O) groups excluding carboxylic acids is 1. The highest BCUT2D eigenvalue weighted by Crippen LogP contribution is 2.15. The molecule has 0 aliphatic carbocycles. The Balaban J connectivity index is 1.90. The van der Waals surface area contributed by atoms with E-state index in [-0.39, 0.29) is 5.78 Å². The Bertz CT molecular complexity index is 349. The quantitative estimate of drug-likeness (QED) is 0.798.